The molecular formula is C17H26N2O2. The zero-order chi connectivity index (χ0) is 15.2. The van der Waals surface area contributed by atoms with E-state index in [4.69, 9.17) is 10.5 Å². The predicted octanol–water partition coefficient (Wildman–Crippen LogP) is 2.21. The summed E-state index contributed by atoms with van der Waals surface area (Å²) in [4.78, 5) is 14.2. The Labute approximate surface area is 127 Å². The van der Waals surface area contributed by atoms with Crippen molar-refractivity contribution in [3.05, 3.63) is 29.8 Å². The largest absolute Gasteiger partial charge is 0.484 e. The second-order valence-electron chi connectivity index (χ2n) is 5.89. The van der Waals surface area contributed by atoms with Crippen LogP contribution in [0, 0.1) is 5.92 Å². The number of rotatable bonds is 5. The molecule has 0 bridgehead atoms. The molecule has 1 aliphatic heterocycles. The second kappa shape index (κ2) is 7.46. The summed E-state index contributed by atoms with van der Waals surface area (Å²) in [5, 5.41) is 0. The first-order chi connectivity index (χ1) is 10.1. The molecule has 0 aromatic heterocycles. The van der Waals surface area contributed by atoms with Crippen molar-refractivity contribution in [1.29, 1.82) is 0 Å². The molecule has 1 aromatic carbocycles. The summed E-state index contributed by atoms with van der Waals surface area (Å²) in [6.45, 7) is 5.75. The molecule has 2 rings (SSSR count). The van der Waals surface area contributed by atoms with Crippen LogP contribution in [0.1, 0.15) is 32.3 Å². The van der Waals surface area contributed by atoms with E-state index >= 15 is 0 Å². The third kappa shape index (κ3) is 4.21. The van der Waals surface area contributed by atoms with Crippen LogP contribution in [-0.2, 0) is 11.2 Å². The van der Waals surface area contributed by atoms with Crippen LogP contribution < -0.4 is 10.5 Å². The molecule has 4 heteroatoms. The van der Waals surface area contributed by atoms with Crippen LogP contribution in [0.4, 0.5) is 0 Å². The van der Waals surface area contributed by atoms with Crippen molar-refractivity contribution in [2.75, 3.05) is 19.7 Å². The molecule has 0 spiro atoms. The lowest BCUT2D eigenvalue weighted by molar-refractivity contribution is -0.137. The number of nitrogens with zero attached hydrogens (tertiary/aromatic N) is 1. The number of carbonyl (C=O) groups excluding carboxylic acids is 1. The predicted molar refractivity (Wildman–Crippen MR) is 84.3 cm³/mol. The molecule has 4 nitrogen and oxygen atoms in total. The topological polar surface area (TPSA) is 55.6 Å². The average Bonchev–Trinajstić information content (AvgIpc) is 2.52. The fourth-order valence-corrected chi connectivity index (χ4v) is 2.85. The molecule has 1 heterocycles. The lowest BCUT2D eigenvalue weighted by Crippen LogP contribution is -2.50. The van der Waals surface area contributed by atoms with Gasteiger partial charge in [0.15, 0.2) is 6.61 Å². The number of aryl methyl sites for hydroxylation is 1. The van der Waals surface area contributed by atoms with Gasteiger partial charge in [0.05, 0.1) is 0 Å². The van der Waals surface area contributed by atoms with E-state index in [1.165, 1.54) is 5.56 Å². The number of likely N-dealkylation sites (tertiary alicyclic amines) is 1. The van der Waals surface area contributed by atoms with E-state index in [-0.39, 0.29) is 18.6 Å². The molecule has 1 aliphatic rings. The molecular weight excluding hydrogens is 264 g/mol. The maximum absolute atomic E-state index is 12.3. The van der Waals surface area contributed by atoms with Crippen molar-refractivity contribution in [1.82, 2.24) is 4.90 Å². The Hall–Kier alpha value is -1.55. The Bertz CT molecular complexity index is 458. The maximum atomic E-state index is 12.3. The van der Waals surface area contributed by atoms with Crippen molar-refractivity contribution in [3.8, 4) is 5.75 Å². The second-order valence-corrected chi connectivity index (χ2v) is 5.89. The summed E-state index contributed by atoms with van der Waals surface area (Å²) in [6, 6.07) is 8.07. The summed E-state index contributed by atoms with van der Waals surface area (Å²) in [6.07, 6.45) is 3.05. The Morgan fingerprint density at radius 3 is 2.71 bits per heavy atom. The highest BCUT2D eigenvalue weighted by atomic mass is 16.5. The third-order valence-corrected chi connectivity index (χ3v) is 4.26. The molecule has 21 heavy (non-hydrogen) atoms. The van der Waals surface area contributed by atoms with Crippen molar-refractivity contribution in [2.24, 2.45) is 11.7 Å². The number of carbonyl (C=O) groups is 1. The Balaban J connectivity index is 1.88. The van der Waals surface area contributed by atoms with Gasteiger partial charge in [0.1, 0.15) is 5.75 Å². The minimum atomic E-state index is 0.0388. The van der Waals surface area contributed by atoms with Crippen molar-refractivity contribution >= 4 is 5.91 Å². The van der Waals surface area contributed by atoms with Crippen LogP contribution in [0.25, 0.3) is 0 Å². The van der Waals surface area contributed by atoms with Gasteiger partial charge in [0.25, 0.3) is 5.91 Å². The molecule has 1 fully saturated rings. The SMILES string of the molecule is CCc1ccc(OCC(=O)N2CCC(C)CC2CN)cc1. The Morgan fingerprint density at radius 2 is 2.10 bits per heavy atom. The minimum absolute atomic E-state index is 0.0388. The zero-order valence-corrected chi connectivity index (χ0v) is 13.0. The molecule has 116 valence electrons. The Kier molecular flexibility index (Phi) is 5.62. The summed E-state index contributed by atoms with van der Waals surface area (Å²) in [5.41, 5.74) is 7.06. The van der Waals surface area contributed by atoms with E-state index in [0.717, 1.165) is 31.6 Å². The van der Waals surface area contributed by atoms with Gasteiger partial charge in [-0.25, -0.2) is 0 Å². The highest BCUT2D eigenvalue weighted by Gasteiger charge is 2.28. The third-order valence-electron chi connectivity index (χ3n) is 4.26. The Morgan fingerprint density at radius 1 is 1.38 bits per heavy atom. The van der Waals surface area contributed by atoms with E-state index in [0.29, 0.717) is 12.5 Å². The van der Waals surface area contributed by atoms with Crippen molar-refractivity contribution in [3.63, 3.8) is 0 Å². The van der Waals surface area contributed by atoms with Crippen LogP contribution in [-0.4, -0.2) is 36.5 Å². The van der Waals surface area contributed by atoms with Gasteiger partial charge in [0.2, 0.25) is 0 Å². The van der Waals surface area contributed by atoms with Gasteiger partial charge in [0, 0.05) is 19.1 Å². The smallest absolute Gasteiger partial charge is 0.260 e. The fraction of sp³-hybridized carbons (Fsp3) is 0.588. The highest BCUT2D eigenvalue weighted by molar-refractivity contribution is 5.78. The van der Waals surface area contributed by atoms with Crippen LogP contribution in [0.2, 0.25) is 0 Å². The van der Waals surface area contributed by atoms with Crippen LogP contribution in [0.3, 0.4) is 0 Å². The van der Waals surface area contributed by atoms with E-state index in [9.17, 15) is 4.79 Å². The molecule has 1 aromatic rings. The molecule has 0 saturated carbocycles. The summed E-state index contributed by atoms with van der Waals surface area (Å²) in [7, 11) is 0. The van der Waals surface area contributed by atoms with E-state index < -0.39 is 0 Å². The van der Waals surface area contributed by atoms with Gasteiger partial charge in [-0.1, -0.05) is 26.0 Å². The highest BCUT2D eigenvalue weighted by Crippen LogP contribution is 2.22. The number of ether oxygens (including phenoxy) is 1. The van der Waals surface area contributed by atoms with Crippen LogP contribution >= 0.6 is 0 Å². The lowest BCUT2D eigenvalue weighted by atomic mass is 9.92. The van der Waals surface area contributed by atoms with Crippen LogP contribution in [0.5, 0.6) is 5.75 Å². The monoisotopic (exact) mass is 290 g/mol. The minimum Gasteiger partial charge on any atom is -0.484 e. The van der Waals surface area contributed by atoms with Gasteiger partial charge in [-0.15, -0.1) is 0 Å². The first kappa shape index (κ1) is 15.8. The number of hydrogen-bond acceptors (Lipinski definition) is 3. The standard InChI is InChI=1S/C17H26N2O2/c1-3-14-4-6-16(7-5-14)21-12-17(20)19-9-8-13(2)10-15(19)11-18/h4-7,13,15H,3,8-12,18H2,1-2H3. The van der Waals surface area contributed by atoms with Gasteiger partial charge >= 0.3 is 0 Å². The fourth-order valence-electron chi connectivity index (χ4n) is 2.85. The zero-order valence-electron chi connectivity index (χ0n) is 13.0. The van der Waals surface area contributed by atoms with E-state index in [2.05, 4.69) is 13.8 Å². The molecule has 1 saturated heterocycles. The summed E-state index contributed by atoms with van der Waals surface area (Å²) >= 11 is 0. The number of hydrogen-bond donors (Lipinski definition) is 1. The molecule has 2 atom stereocenters. The summed E-state index contributed by atoms with van der Waals surface area (Å²) < 4.78 is 5.61. The molecule has 1 amide bonds. The van der Waals surface area contributed by atoms with Gasteiger partial charge in [-0.05, 0) is 42.9 Å². The van der Waals surface area contributed by atoms with E-state index in [1.807, 2.05) is 29.2 Å². The van der Waals surface area contributed by atoms with Crippen molar-refractivity contribution in [2.45, 2.75) is 39.2 Å². The number of benzene rings is 1. The van der Waals surface area contributed by atoms with Gasteiger partial charge < -0.3 is 15.4 Å². The quantitative estimate of drug-likeness (QED) is 0.904. The van der Waals surface area contributed by atoms with Crippen molar-refractivity contribution < 1.29 is 9.53 Å². The number of piperidine rings is 1. The normalized spacial score (nSPS) is 22.1. The number of amides is 1. The van der Waals surface area contributed by atoms with Gasteiger partial charge in [-0.2, -0.15) is 0 Å². The first-order valence-electron chi connectivity index (χ1n) is 7.85. The molecule has 2 N–H and O–H groups in total. The van der Waals surface area contributed by atoms with Crippen LogP contribution in [0.15, 0.2) is 24.3 Å². The van der Waals surface area contributed by atoms with E-state index in [1.54, 1.807) is 0 Å². The molecule has 2 unspecified atom stereocenters. The first-order valence-corrected chi connectivity index (χ1v) is 7.85. The maximum Gasteiger partial charge on any atom is 0.260 e. The van der Waals surface area contributed by atoms with Gasteiger partial charge in [-0.3, -0.25) is 4.79 Å². The number of nitrogens with two attached hydrogens (primary N) is 1. The lowest BCUT2D eigenvalue weighted by Gasteiger charge is -2.37. The molecule has 0 aliphatic carbocycles. The average molecular weight is 290 g/mol. The summed E-state index contributed by atoms with van der Waals surface area (Å²) in [5.74, 6) is 1.43. The molecule has 0 radical (unpaired) electrons.